The Morgan fingerprint density at radius 2 is 1.64 bits per heavy atom. The minimum atomic E-state index is -4.92. The lowest BCUT2D eigenvalue weighted by atomic mass is 9.84. The summed E-state index contributed by atoms with van der Waals surface area (Å²) in [6.45, 7) is 0.0731. The van der Waals surface area contributed by atoms with Crippen molar-refractivity contribution in [3.05, 3.63) is 89.5 Å². The van der Waals surface area contributed by atoms with Crippen molar-refractivity contribution in [3.63, 3.8) is 0 Å². The number of aromatic nitrogens is 4. The van der Waals surface area contributed by atoms with Gasteiger partial charge in [0.25, 0.3) is 11.9 Å². The molecule has 10 nitrogen and oxygen atoms in total. The second-order valence-electron chi connectivity index (χ2n) is 9.87. The summed E-state index contributed by atoms with van der Waals surface area (Å²) in [5.41, 5.74) is 2.63. The van der Waals surface area contributed by atoms with Gasteiger partial charge in [-0.2, -0.15) is 5.21 Å². The number of hydrogen-bond acceptors (Lipinski definition) is 6. The smallest absolute Gasteiger partial charge is 0.404 e. The molecule has 3 N–H and O–H groups in total. The van der Waals surface area contributed by atoms with Crippen LogP contribution in [-0.2, 0) is 6.54 Å². The zero-order valence-corrected chi connectivity index (χ0v) is 22.4. The summed E-state index contributed by atoms with van der Waals surface area (Å²) >= 11 is 0. The molecule has 3 aromatic carbocycles. The number of amides is 3. The number of para-hydroxylation sites is 2. The van der Waals surface area contributed by atoms with E-state index in [1.54, 1.807) is 24.3 Å². The normalized spacial score (nSPS) is 13.8. The number of carbonyl (C=O) groups excluding carboxylic acids is 2. The van der Waals surface area contributed by atoms with Gasteiger partial charge in [0.15, 0.2) is 5.75 Å². The predicted molar refractivity (Wildman–Crippen MR) is 149 cm³/mol. The molecule has 0 saturated heterocycles. The Morgan fingerprint density at radius 3 is 2.31 bits per heavy atom. The average molecular weight is 580 g/mol. The van der Waals surface area contributed by atoms with Gasteiger partial charge < -0.3 is 10.1 Å². The van der Waals surface area contributed by atoms with Gasteiger partial charge in [0.05, 0.1) is 12.2 Å². The zero-order valence-electron chi connectivity index (χ0n) is 22.4. The number of tetrazole rings is 1. The van der Waals surface area contributed by atoms with Gasteiger partial charge in [-0.25, -0.2) is 4.79 Å². The Hall–Kier alpha value is -4.94. The Morgan fingerprint density at radius 1 is 0.929 bits per heavy atom. The number of carbonyl (C=O) groups is 2. The molecule has 1 fully saturated rings. The summed E-state index contributed by atoms with van der Waals surface area (Å²) in [5, 5.41) is 18.1. The lowest BCUT2D eigenvalue weighted by molar-refractivity contribution is -0.274. The summed E-state index contributed by atoms with van der Waals surface area (Å²) in [7, 11) is 0. The quantitative estimate of drug-likeness (QED) is 0.215. The Balaban J connectivity index is 1.37. The molecule has 1 aromatic heterocycles. The van der Waals surface area contributed by atoms with E-state index in [0.29, 0.717) is 22.7 Å². The molecule has 1 aliphatic carbocycles. The third kappa shape index (κ3) is 7.42. The van der Waals surface area contributed by atoms with Crippen molar-refractivity contribution in [2.45, 2.75) is 50.9 Å². The average Bonchev–Trinajstić information content (AvgIpc) is 3.50. The molecule has 13 heteroatoms. The predicted octanol–water partition coefficient (Wildman–Crippen LogP) is 6.64. The van der Waals surface area contributed by atoms with Crippen molar-refractivity contribution >= 4 is 29.3 Å². The van der Waals surface area contributed by atoms with E-state index in [1.165, 1.54) is 47.9 Å². The molecule has 3 amide bonds. The van der Waals surface area contributed by atoms with Crippen LogP contribution in [0.3, 0.4) is 0 Å². The number of aromatic amines is 1. The fourth-order valence-corrected chi connectivity index (χ4v) is 4.94. The SMILES string of the molecule is O=C(Nc1nn[nH]n1)c1ccc(CN(C(=O)Nc2ccccc2OC(F)(F)F)c2ccc(C3CCCCC3)cc2)cc1. The van der Waals surface area contributed by atoms with Gasteiger partial charge in [0, 0.05) is 11.3 Å². The minimum Gasteiger partial charge on any atom is -0.404 e. The van der Waals surface area contributed by atoms with Crippen LogP contribution in [0, 0.1) is 0 Å². The molecule has 42 heavy (non-hydrogen) atoms. The number of anilines is 3. The Kier molecular flexibility index (Phi) is 8.65. The molecule has 1 saturated carbocycles. The van der Waals surface area contributed by atoms with E-state index < -0.39 is 24.1 Å². The number of ether oxygens (including phenoxy) is 1. The fourth-order valence-electron chi connectivity index (χ4n) is 4.94. The van der Waals surface area contributed by atoms with Crippen LogP contribution in [0.25, 0.3) is 0 Å². The summed E-state index contributed by atoms with van der Waals surface area (Å²) < 4.78 is 43.0. The maximum Gasteiger partial charge on any atom is 0.573 e. The number of hydrogen-bond donors (Lipinski definition) is 3. The van der Waals surface area contributed by atoms with Crippen LogP contribution in [0.4, 0.5) is 35.3 Å². The summed E-state index contributed by atoms with van der Waals surface area (Å²) in [5.74, 6) is -0.481. The van der Waals surface area contributed by atoms with Gasteiger partial charge in [0.1, 0.15) is 0 Å². The third-order valence-corrected chi connectivity index (χ3v) is 7.01. The maximum absolute atomic E-state index is 13.6. The van der Waals surface area contributed by atoms with E-state index >= 15 is 0 Å². The first-order valence-electron chi connectivity index (χ1n) is 13.4. The molecule has 4 aromatic rings. The summed E-state index contributed by atoms with van der Waals surface area (Å²) in [6.07, 6.45) is 0.915. The largest absolute Gasteiger partial charge is 0.573 e. The van der Waals surface area contributed by atoms with Gasteiger partial charge in [-0.1, -0.05) is 60.8 Å². The minimum absolute atomic E-state index is 0.0263. The van der Waals surface area contributed by atoms with Crippen LogP contribution in [0.1, 0.15) is 59.5 Å². The van der Waals surface area contributed by atoms with E-state index in [2.05, 4.69) is 36.0 Å². The molecule has 0 unspecified atom stereocenters. The van der Waals surface area contributed by atoms with Crippen LogP contribution in [0.2, 0.25) is 0 Å². The van der Waals surface area contributed by atoms with E-state index in [0.717, 1.165) is 18.9 Å². The first kappa shape index (κ1) is 28.6. The molecule has 1 aliphatic rings. The standard InChI is InChI=1S/C29H28F3N7O3/c30-29(31,32)42-25-9-5-4-8-24(25)33-28(41)39(23-16-14-21(15-17-23)20-6-2-1-3-7-20)18-19-10-12-22(13-11-19)26(40)34-27-35-37-38-36-27/h4-5,8-17,20H,1-3,6-7,18H2,(H,33,41)(H2,34,35,36,37,38,40). The van der Waals surface area contributed by atoms with Gasteiger partial charge >= 0.3 is 12.4 Å². The monoisotopic (exact) mass is 579 g/mol. The van der Waals surface area contributed by atoms with E-state index in [9.17, 15) is 22.8 Å². The molecule has 218 valence electrons. The highest BCUT2D eigenvalue weighted by Crippen LogP contribution is 2.34. The summed E-state index contributed by atoms with van der Waals surface area (Å²) in [6, 6.07) is 18.9. The number of H-pyrrole nitrogens is 1. The second kappa shape index (κ2) is 12.7. The molecule has 0 spiro atoms. The second-order valence-corrected chi connectivity index (χ2v) is 9.87. The van der Waals surface area contributed by atoms with Crippen molar-refractivity contribution < 1.29 is 27.5 Å². The number of rotatable bonds is 8. The van der Waals surface area contributed by atoms with Gasteiger partial charge in [-0.15, -0.1) is 18.3 Å². The van der Waals surface area contributed by atoms with Crippen molar-refractivity contribution in [2.75, 3.05) is 15.5 Å². The number of benzene rings is 3. The molecule has 0 atom stereocenters. The molecular weight excluding hydrogens is 551 g/mol. The Labute approximate surface area is 239 Å². The molecule has 0 radical (unpaired) electrons. The lowest BCUT2D eigenvalue weighted by Gasteiger charge is -2.26. The molecule has 0 bridgehead atoms. The first-order valence-corrected chi connectivity index (χ1v) is 13.4. The number of urea groups is 1. The molecule has 1 heterocycles. The van der Waals surface area contributed by atoms with Gasteiger partial charge in [-0.05, 0) is 71.5 Å². The van der Waals surface area contributed by atoms with Crippen LogP contribution in [-0.4, -0.2) is 38.9 Å². The first-order chi connectivity index (χ1) is 20.2. The topological polar surface area (TPSA) is 125 Å². The molecular formula is C29H28F3N7O3. The highest BCUT2D eigenvalue weighted by Gasteiger charge is 2.32. The van der Waals surface area contributed by atoms with Crippen LogP contribution in [0.15, 0.2) is 72.8 Å². The highest BCUT2D eigenvalue weighted by atomic mass is 19.4. The third-order valence-electron chi connectivity index (χ3n) is 7.01. The molecule has 0 aliphatic heterocycles. The van der Waals surface area contributed by atoms with Crippen molar-refractivity contribution in [1.82, 2.24) is 20.6 Å². The van der Waals surface area contributed by atoms with E-state index in [-0.39, 0.29) is 18.2 Å². The Bertz CT molecular complexity index is 1490. The zero-order chi connectivity index (χ0) is 29.5. The van der Waals surface area contributed by atoms with Gasteiger partial charge in [-0.3, -0.25) is 15.0 Å². The molecule has 5 rings (SSSR count). The van der Waals surface area contributed by atoms with E-state index in [1.807, 2.05) is 24.3 Å². The number of alkyl halides is 3. The van der Waals surface area contributed by atoms with Crippen molar-refractivity contribution in [1.29, 1.82) is 0 Å². The fraction of sp³-hybridized carbons (Fsp3) is 0.276. The van der Waals surface area contributed by atoms with Gasteiger partial charge in [0.2, 0.25) is 0 Å². The van der Waals surface area contributed by atoms with Crippen molar-refractivity contribution in [2.24, 2.45) is 0 Å². The van der Waals surface area contributed by atoms with Crippen molar-refractivity contribution in [3.8, 4) is 5.75 Å². The highest BCUT2D eigenvalue weighted by molar-refractivity contribution is 6.04. The number of halogens is 3. The lowest BCUT2D eigenvalue weighted by Crippen LogP contribution is -2.35. The number of nitrogens with one attached hydrogen (secondary N) is 3. The number of nitrogens with zero attached hydrogens (tertiary/aromatic N) is 4. The van der Waals surface area contributed by atoms with E-state index in [4.69, 9.17) is 0 Å². The maximum atomic E-state index is 13.6. The summed E-state index contributed by atoms with van der Waals surface area (Å²) in [4.78, 5) is 27.5. The van der Waals surface area contributed by atoms with Crippen LogP contribution < -0.4 is 20.3 Å². The van der Waals surface area contributed by atoms with Crippen LogP contribution >= 0.6 is 0 Å². The van der Waals surface area contributed by atoms with Crippen LogP contribution in [0.5, 0.6) is 5.75 Å².